The Morgan fingerprint density at radius 2 is 1.67 bits per heavy atom. The van der Waals surface area contributed by atoms with E-state index in [1.54, 1.807) is 42.2 Å². The second-order valence-corrected chi connectivity index (χ2v) is 8.72. The van der Waals surface area contributed by atoms with Crippen LogP contribution < -0.4 is 15.5 Å². The first-order valence-electron chi connectivity index (χ1n) is 10.3. The van der Waals surface area contributed by atoms with Gasteiger partial charge in [0.2, 0.25) is 5.91 Å². The van der Waals surface area contributed by atoms with Gasteiger partial charge < -0.3 is 10.1 Å². The van der Waals surface area contributed by atoms with E-state index in [2.05, 4.69) is 15.8 Å². The van der Waals surface area contributed by atoms with Gasteiger partial charge in [-0.3, -0.25) is 9.59 Å². The molecule has 0 fully saturated rings. The molecule has 0 spiro atoms. The number of carbonyl (C=O) groups excluding carboxylic acids is 2. The molecule has 0 aliphatic rings. The van der Waals surface area contributed by atoms with E-state index >= 15 is 0 Å². The van der Waals surface area contributed by atoms with Gasteiger partial charge in [0.05, 0.1) is 6.21 Å². The zero-order chi connectivity index (χ0) is 23.5. The molecule has 0 saturated carbocycles. The molecular formula is C25H24ClN3O3S. The minimum Gasteiger partial charge on any atom is -0.484 e. The summed E-state index contributed by atoms with van der Waals surface area (Å²) >= 11 is 7.44. The Bertz CT molecular complexity index is 1090. The van der Waals surface area contributed by atoms with Gasteiger partial charge in [-0.05, 0) is 73.2 Å². The molecule has 170 valence electrons. The third-order valence-electron chi connectivity index (χ3n) is 4.40. The molecule has 0 heterocycles. The molecule has 33 heavy (non-hydrogen) atoms. The summed E-state index contributed by atoms with van der Waals surface area (Å²) in [5.41, 5.74) is 5.17. The molecule has 0 bridgehead atoms. The van der Waals surface area contributed by atoms with Gasteiger partial charge >= 0.3 is 0 Å². The average molecular weight is 482 g/mol. The molecule has 0 radical (unpaired) electrons. The van der Waals surface area contributed by atoms with Crippen molar-refractivity contribution >= 4 is 47.1 Å². The SMILES string of the molecule is Cc1ccc(NC(=O)COc2ccc(/C=N\NC(=O)CCSc3ccc(Cl)cc3)cc2)cc1. The first-order chi connectivity index (χ1) is 16.0. The summed E-state index contributed by atoms with van der Waals surface area (Å²) in [7, 11) is 0. The Hall–Kier alpha value is -3.29. The second-order valence-electron chi connectivity index (χ2n) is 7.12. The van der Waals surface area contributed by atoms with E-state index in [9.17, 15) is 9.59 Å². The van der Waals surface area contributed by atoms with Gasteiger partial charge in [0, 0.05) is 27.8 Å². The smallest absolute Gasteiger partial charge is 0.262 e. The van der Waals surface area contributed by atoms with Crippen molar-refractivity contribution in [1.29, 1.82) is 0 Å². The lowest BCUT2D eigenvalue weighted by atomic mass is 10.2. The average Bonchev–Trinajstić information content (AvgIpc) is 2.81. The maximum atomic E-state index is 12.0. The molecule has 2 amide bonds. The number of thioether (sulfide) groups is 1. The van der Waals surface area contributed by atoms with Crippen molar-refractivity contribution in [2.45, 2.75) is 18.2 Å². The molecule has 6 nitrogen and oxygen atoms in total. The van der Waals surface area contributed by atoms with Crippen LogP contribution >= 0.6 is 23.4 Å². The van der Waals surface area contributed by atoms with Gasteiger partial charge in [-0.2, -0.15) is 5.10 Å². The number of nitrogens with zero attached hydrogens (tertiary/aromatic N) is 1. The number of hydrogen-bond donors (Lipinski definition) is 2. The molecule has 3 aromatic carbocycles. The third-order valence-corrected chi connectivity index (χ3v) is 5.67. The maximum absolute atomic E-state index is 12.0. The van der Waals surface area contributed by atoms with Crippen LogP contribution in [0.2, 0.25) is 5.02 Å². The lowest BCUT2D eigenvalue weighted by Crippen LogP contribution is -2.20. The van der Waals surface area contributed by atoms with Crippen LogP contribution in [0.5, 0.6) is 5.75 Å². The predicted octanol–water partition coefficient (Wildman–Crippen LogP) is 5.30. The minimum absolute atomic E-state index is 0.0919. The van der Waals surface area contributed by atoms with Crippen molar-refractivity contribution in [2.24, 2.45) is 5.10 Å². The summed E-state index contributed by atoms with van der Waals surface area (Å²) in [6, 6.07) is 22.1. The normalized spacial score (nSPS) is 10.7. The second kappa shape index (κ2) is 12.7. The van der Waals surface area contributed by atoms with E-state index in [1.165, 1.54) is 0 Å². The van der Waals surface area contributed by atoms with Crippen LogP contribution in [0.25, 0.3) is 0 Å². The third kappa shape index (κ3) is 9.00. The monoisotopic (exact) mass is 481 g/mol. The van der Waals surface area contributed by atoms with E-state index in [-0.39, 0.29) is 18.4 Å². The molecule has 3 rings (SSSR count). The van der Waals surface area contributed by atoms with Crippen LogP contribution in [0.4, 0.5) is 5.69 Å². The summed E-state index contributed by atoms with van der Waals surface area (Å²) in [6.07, 6.45) is 1.90. The molecule has 3 aromatic rings. The Morgan fingerprint density at radius 1 is 0.970 bits per heavy atom. The van der Waals surface area contributed by atoms with E-state index < -0.39 is 0 Å². The Kier molecular flexibility index (Phi) is 9.35. The zero-order valence-electron chi connectivity index (χ0n) is 18.1. The van der Waals surface area contributed by atoms with Gasteiger partial charge in [0.15, 0.2) is 6.61 Å². The number of amides is 2. The van der Waals surface area contributed by atoms with E-state index in [4.69, 9.17) is 16.3 Å². The number of hydrogen-bond acceptors (Lipinski definition) is 5. The lowest BCUT2D eigenvalue weighted by Gasteiger charge is -2.08. The van der Waals surface area contributed by atoms with E-state index in [0.29, 0.717) is 22.9 Å². The first-order valence-corrected chi connectivity index (χ1v) is 11.6. The van der Waals surface area contributed by atoms with Crippen LogP contribution in [-0.2, 0) is 9.59 Å². The minimum atomic E-state index is -0.235. The summed E-state index contributed by atoms with van der Waals surface area (Å²) < 4.78 is 5.51. The molecule has 0 unspecified atom stereocenters. The summed E-state index contributed by atoms with van der Waals surface area (Å²) in [5.74, 6) is 0.815. The standard InChI is InChI=1S/C25H24ClN3O3S/c1-18-2-8-21(9-3-18)28-25(31)17-32-22-10-4-19(5-11-22)16-27-29-24(30)14-15-33-23-12-6-20(26)7-13-23/h2-13,16H,14-15,17H2,1H3,(H,28,31)(H,29,30)/b27-16-. The van der Waals surface area contributed by atoms with Crippen LogP contribution in [0.3, 0.4) is 0 Å². The van der Waals surface area contributed by atoms with Gasteiger partial charge in [-0.25, -0.2) is 5.43 Å². The summed E-state index contributed by atoms with van der Waals surface area (Å²) in [5, 5.41) is 7.45. The van der Waals surface area contributed by atoms with Crippen LogP contribution in [0.15, 0.2) is 82.8 Å². The number of benzene rings is 3. The van der Waals surface area contributed by atoms with Crippen molar-refractivity contribution in [3.63, 3.8) is 0 Å². The molecule has 8 heteroatoms. The number of carbonyl (C=O) groups is 2. The van der Waals surface area contributed by atoms with Gasteiger partial charge in [-0.1, -0.05) is 29.3 Å². The Labute approximate surface area is 202 Å². The molecule has 0 aliphatic carbocycles. The fourth-order valence-corrected chi connectivity index (χ4v) is 3.64. The molecular weight excluding hydrogens is 458 g/mol. The highest BCUT2D eigenvalue weighted by atomic mass is 35.5. The Morgan fingerprint density at radius 3 is 2.36 bits per heavy atom. The number of rotatable bonds is 10. The largest absolute Gasteiger partial charge is 0.484 e. The van der Waals surface area contributed by atoms with Crippen molar-refractivity contribution < 1.29 is 14.3 Å². The van der Waals surface area contributed by atoms with Gasteiger partial charge in [0.25, 0.3) is 5.91 Å². The van der Waals surface area contributed by atoms with E-state index in [1.807, 2.05) is 55.5 Å². The molecule has 0 saturated heterocycles. The maximum Gasteiger partial charge on any atom is 0.262 e. The summed E-state index contributed by atoms with van der Waals surface area (Å²) in [4.78, 5) is 25.0. The van der Waals surface area contributed by atoms with Crippen molar-refractivity contribution in [1.82, 2.24) is 5.43 Å². The number of halogens is 1. The molecule has 0 aromatic heterocycles. The molecule has 0 atom stereocenters. The van der Waals surface area contributed by atoms with Crippen molar-refractivity contribution in [3.8, 4) is 5.75 Å². The highest BCUT2D eigenvalue weighted by Crippen LogP contribution is 2.20. The number of anilines is 1. The van der Waals surface area contributed by atoms with Crippen LogP contribution in [0, 0.1) is 6.92 Å². The highest BCUT2D eigenvalue weighted by molar-refractivity contribution is 7.99. The quantitative estimate of drug-likeness (QED) is 0.234. The summed E-state index contributed by atoms with van der Waals surface area (Å²) in [6.45, 7) is 1.89. The van der Waals surface area contributed by atoms with Crippen LogP contribution in [-0.4, -0.2) is 30.4 Å². The van der Waals surface area contributed by atoms with Crippen molar-refractivity contribution in [3.05, 3.63) is 88.9 Å². The fraction of sp³-hybridized carbons (Fsp3) is 0.160. The van der Waals surface area contributed by atoms with Gasteiger partial charge in [-0.15, -0.1) is 11.8 Å². The van der Waals surface area contributed by atoms with Crippen molar-refractivity contribution in [2.75, 3.05) is 17.7 Å². The fourth-order valence-electron chi connectivity index (χ4n) is 2.66. The Balaban J connectivity index is 1.35. The first kappa shape index (κ1) is 24.4. The lowest BCUT2D eigenvalue weighted by molar-refractivity contribution is -0.120. The topological polar surface area (TPSA) is 79.8 Å². The van der Waals surface area contributed by atoms with Gasteiger partial charge in [0.1, 0.15) is 5.75 Å². The number of ether oxygens (including phenoxy) is 1. The highest BCUT2D eigenvalue weighted by Gasteiger charge is 2.04. The number of aryl methyl sites for hydroxylation is 1. The zero-order valence-corrected chi connectivity index (χ0v) is 19.7. The predicted molar refractivity (Wildman–Crippen MR) is 134 cm³/mol. The number of nitrogens with one attached hydrogen (secondary N) is 2. The van der Waals surface area contributed by atoms with E-state index in [0.717, 1.165) is 21.7 Å². The molecule has 0 aliphatic heterocycles. The van der Waals surface area contributed by atoms with Crippen LogP contribution in [0.1, 0.15) is 17.5 Å². The number of hydrazone groups is 1. The molecule has 2 N–H and O–H groups in total.